The minimum atomic E-state index is 0.475. The molecule has 0 unspecified atom stereocenters. The van der Waals surface area contributed by atoms with Crippen molar-refractivity contribution >= 4 is 22.8 Å². The van der Waals surface area contributed by atoms with Gasteiger partial charge >= 0.3 is 0 Å². The lowest BCUT2D eigenvalue weighted by Gasteiger charge is -2.01. The third kappa shape index (κ3) is 2.77. The standard InChI is InChI=1S/C14H14N4S/c15-8-11-7-10(5-6-16-11)9-19-14-17-12-3-1-2-4-13(12)18-14/h1-7H,8-9,15H2,(H,17,18). The molecular weight excluding hydrogens is 256 g/mol. The van der Waals surface area contributed by atoms with Crippen LogP contribution in [0.5, 0.6) is 0 Å². The first-order valence-electron chi connectivity index (χ1n) is 6.06. The van der Waals surface area contributed by atoms with Crippen LogP contribution < -0.4 is 5.73 Å². The Bertz CT molecular complexity index is 659. The maximum Gasteiger partial charge on any atom is 0.166 e. The van der Waals surface area contributed by atoms with E-state index in [0.717, 1.165) is 27.6 Å². The second kappa shape index (κ2) is 5.42. The maximum absolute atomic E-state index is 5.59. The minimum absolute atomic E-state index is 0.475. The van der Waals surface area contributed by atoms with Crippen molar-refractivity contribution in [2.24, 2.45) is 5.73 Å². The van der Waals surface area contributed by atoms with Crippen molar-refractivity contribution in [3.05, 3.63) is 53.9 Å². The largest absolute Gasteiger partial charge is 0.333 e. The zero-order valence-electron chi connectivity index (χ0n) is 10.3. The molecule has 0 saturated heterocycles. The van der Waals surface area contributed by atoms with Crippen molar-refractivity contribution in [2.45, 2.75) is 17.5 Å². The average Bonchev–Trinajstić information content (AvgIpc) is 2.88. The molecule has 0 atom stereocenters. The Balaban J connectivity index is 1.74. The summed E-state index contributed by atoms with van der Waals surface area (Å²) in [6, 6.07) is 12.1. The average molecular weight is 270 g/mol. The summed E-state index contributed by atoms with van der Waals surface area (Å²) in [5, 5.41) is 0.937. The highest BCUT2D eigenvalue weighted by molar-refractivity contribution is 7.98. The molecule has 0 aliphatic rings. The van der Waals surface area contributed by atoms with Gasteiger partial charge in [-0.1, -0.05) is 23.9 Å². The Hall–Kier alpha value is -1.85. The zero-order chi connectivity index (χ0) is 13.1. The SMILES string of the molecule is NCc1cc(CSc2nc3ccccc3[nH]2)ccn1. The number of thioether (sulfide) groups is 1. The lowest BCUT2D eigenvalue weighted by molar-refractivity contribution is 0.982. The van der Waals surface area contributed by atoms with E-state index in [-0.39, 0.29) is 0 Å². The number of nitrogens with one attached hydrogen (secondary N) is 1. The summed E-state index contributed by atoms with van der Waals surface area (Å²) >= 11 is 1.68. The molecule has 96 valence electrons. The predicted octanol–water partition coefficient (Wildman–Crippen LogP) is 2.71. The number of pyridine rings is 1. The number of fused-ring (bicyclic) bond motifs is 1. The molecule has 0 fully saturated rings. The van der Waals surface area contributed by atoms with Crippen LogP contribution in [0.3, 0.4) is 0 Å². The number of aromatic nitrogens is 3. The van der Waals surface area contributed by atoms with E-state index >= 15 is 0 Å². The van der Waals surface area contributed by atoms with Crippen LogP contribution in [0.1, 0.15) is 11.3 Å². The number of aromatic amines is 1. The van der Waals surface area contributed by atoms with Crippen LogP contribution in [-0.4, -0.2) is 15.0 Å². The molecule has 0 aliphatic heterocycles. The zero-order valence-corrected chi connectivity index (χ0v) is 11.2. The fourth-order valence-electron chi connectivity index (χ4n) is 1.88. The topological polar surface area (TPSA) is 67.6 Å². The quantitative estimate of drug-likeness (QED) is 0.715. The first kappa shape index (κ1) is 12.2. The van der Waals surface area contributed by atoms with E-state index in [4.69, 9.17) is 5.73 Å². The number of imidazole rings is 1. The van der Waals surface area contributed by atoms with Gasteiger partial charge in [-0.15, -0.1) is 0 Å². The Morgan fingerprint density at radius 3 is 2.95 bits per heavy atom. The van der Waals surface area contributed by atoms with Gasteiger partial charge in [0.1, 0.15) is 0 Å². The Morgan fingerprint density at radius 2 is 2.11 bits per heavy atom. The van der Waals surface area contributed by atoms with E-state index < -0.39 is 0 Å². The Labute approximate surface area is 115 Å². The third-order valence-corrected chi connectivity index (χ3v) is 3.78. The van der Waals surface area contributed by atoms with Gasteiger partial charge in [-0.2, -0.15) is 0 Å². The summed E-state index contributed by atoms with van der Waals surface area (Å²) in [7, 11) is 0. The molecule has 2 heterocycles. The van der Waals surface area contributed by atoms with Crippen LogP contribution in [0.2, 0.25) is 0 Å². The van der Waals surface area contributed by atoms with Gasteiger partial charge in [-0.3, -0.25) is 4.98 Å². The van der Waals surface area contributed by atoms with Gasteiger partial charge < -0.3 is 10.7 Å². The van der Waals surface area contributed by atoms with Gasteiger partial charge in [-0.25, -0.2) is 4.98 Å². The first-order valence-corrected chi connectivity index (χ1v) is 7.05. The van der Waals surface area contributed by atoms with E-state index in [2.05, 4.69) is 15.0 Å². The molecule has 5 heteroatoms. The number of nitrogens with zero attached hydrogens (tertiary/aromatic N) is 2. The lowest BCUT2D eigenvalue weighted by Crippen LogP contribution is -1.99. The van der Waals surface area contributed by atoms with Crippen molar-refractivity contribution < 1.29 is 0 Å². The molecule has 4 nitrogen and oxygen atoms in total. The number of benzene rings is 1. The molecule has 1 aromatic carbocycles. The Kier molecular flexibility index (Phi) is 3.48. The summed E-state index contributed by atoms with van der Waals surface area (Å²) in [6.45, 7) is 0.475. The van der Waals surface area contributed by atoms with Crippen LogP contribution >= 0.6 is 11.8 Å². The van der Waals surface area contributed by atoms with Crippen LogP contribution in [0.4, 0.5) is 0 Å². The van der Waals surface area contributed by atoms with Crippen molar-refractivity contribution in [1.29, 1.82) is 0 Å². The van der Waals surface area contributed by atoms with Crippen LogP contribution in [-0.2, 0) is 12.3 Å². The van der Waals surface area contributed by atoms with E-state index in [1.54, 1.807) is 18.0 Å². The van der Waals surface area contributed by atoms with Gasteiger partial charge in [-0.05, 0) is 29.8 Å². The summed E-state index contributed by atoms with van der Waals surface area (Å²) in [5.74, 6) is 0.856. The number of hydrogen-bond donors (Lipinski definition) is 2. The van der Waals surface area contributed by atoms with Gasteiger partial charge in [0.2, 0.25) is 0 Å². The number of hydrogen-bond acceptors (Lipinski definition) is 4. The highest BCUT2D eigenvalue weighted by Gasteiger charge is 2.03. The predicted molar refractivity (Wildman–Crippen MR) is 77.8 cm³/mol. The molecule has 19 heavy (non-hydrogen) atoms. The molecule has 3 N–H and O–H groups in total. The summed E-state index contributed by atoms with van der Waals surface area (Å²) in [4.78, 5) is 12.0. The number of rotatable bonds is 4. The first-order chi connectivity index (χ1) is 9.35. The van der Waals surface area contributed by atoms with Crippen molar-refractivity contribution in [3.8, 4) is 0 Å². The van der Waals surface area contributed by atoms with Gasteiger partial charge in [0, 0.05) is 18.5 Å². The molecule has 0 amide bonds. The normalized spacial score (nSPS) is 11.0. The highest BCUT2D eigenvalue weighted by atomic mass is 32.2. The van der Waals surface area contributed by atoms with Crippen molar-refractivity contribution in [1.82, 2.24) is 15.0 Å². The second-order valence-corrected chi connectivity index (χ2v) is 5.17. The second-order valence-electron chi connectivity index (χ2n) is 4.21. The molecule has 0 saturated carbocycles. The molecule has 0 bridgehead atoms. The van der Waals surface area contributed by atoms with Crippen molar-refractivity contribution in [3.63, 3.8) is 0 Å². The van der Waals surface area contributed by atoms with Gasteiger partial charge in [0.05, 0.1) is 16.7 Å². The molecule has 0 radical (unpaired) electrons. The summed E-state index contributed by atoms with van der Waals surface area (Å²) < 4.78 is 0. The van der Waals surface area contributed by atoms with E-state index in [1.165, 1.54) is 5.56 Å². The van der Waals surface area contributed by atoms with E-state index in [1.807, 2.05) is 36.4 Å². The fourth-order valence-corrected chi connectivity index (χ4v) is 2.71. The van der Waals surface area contributed by atoms with E-state index in [9.17, 15) is 0 Å². The maximum atomic E-state index is 5.59. The van der Waals surface area contributed by atoms with E-state index in [0.29, 0.717) is 6.54 Å². The van der Waals surface area contributed by atoms with Crippen molar-refractivity contribution in [2.75, 3.05) is 0 Å². The van der Waals surface area contributed by atoms with Crippen LogP contribution in [0.15, 0.2) is 47.8 Å². The number of H-pyrrole nitrogens is 1. The van der Waals surface area contributed by atoms with Crippen LogP contribution in [0.25, 0.3) is 11.0 Å². The highest BCUT2D eigenvalue weighted by Crippen LogP contribution is 2.22. The third-order valence-electron chi connectivity index (χ3n) is 2.83. The Morgan fingerprint density at radius 1 is 1.21 bits per heavy atom. The number of para-hydroxylation sites is 2. The molecule has 0 spiro atoms. The minimum Gasteiger partial charge on any atom is -0.333 e. The summed E-state index contributed by atoms with van der Waals surface area (Å²) in [5.41, 5.74) is 9.79. The number of nitrogens with two attached hydrogens (primary N) is 1. The molecular formula is C14H14N4S. The van der Waals surface area contributed by atoms with Gasteiger partial charge in [0.25, 0.3) is 0 Å². The molecule has 3 rings (SSSR count). The molecule has 3 aromatic rings. The smallest absolute Gasteiger partial charge is 0.166 e. The fraction of sp³-hybridized carbons (Fsp3) is 0.143. The van der Waals surface area contributed by atoms with Gasteiger partial charge in [0.15, 0.2) is 5.16 Å². The molecule has 0 aliphatic carbocycles. The summed E-state index contributed by atoms with van der Waals surface area (Å²) in [6.07, 6.45) is 1.80. The van der Waals surface area contributed by atoms with Crippen LogP contribution in [0, 0.1) is 0 Å². The monoisotopic (exact) mass is 270 g/mol. The lowest BCUT2D eigenvalue weighted by atomic mass is 10.2. The molecule has 2 aromatic heterocycles.